The Bertz CT molecular complexity index is 583. The first-order chi connectivity index (χ1) is 7.74. The quantitative estimate of drug-likeness (QED) is 0.744. The predicted octanol–water partition coefficient (Wildman–Crippen LogP) is 3.24. The number of nitriles is 1. The fourth-order valence-corrected chi connectivity index (χ4v) is 2.13. The number of hydrogen-bond donors (Lipinski definition) is 0. The Morgan fingerprint density at radius 3 is 2.69 bits per heavy atom. The second-order valence-electron chi connectivity index (χ2n) is 3.13. The minimum absolute atomic E-state index is 0.0424. The van der Waals surface area contributed by atoms with Crippen LogP contribution in [-0.2, 0) is 0 Å². The van der Waals surface area contributed by atoms with E-state index in [1.807, 2.05) is 6.07 Å². The third kappa shape index (κ3) is 1.86. The van der Waals surface area contributed by atoms with Crippen LogP contribution in [0.5, 0.6) is 0 Å². The first-order valence-electron chi connectivity index (χ1n) is 4.49. The first kappa shape index (κ1) is 10.5. The van der Waals surface area contributed by atoms with Crippen LogP contribution in [0.15, 0.2) is 30.3 Å². The molecule has 0 aliphatic heterocycles. The summed E-state index contributed by atoms with van der Waals surface area (Å²) in [4.78, 5) is 11.8. The van der Waals surface area contributed by atoms with Gasteiger partial charge in [-0.3, -0.25) is 4.79 Å². The Hall–Kier alpha value is -1.99. The van der Waals surface area contributed by atoms with Crippen molar-refractivity contribution in [2.45, 2.75) is 0 Å². The lowest BCUT2D eigenvalue weighted by molar-refractivity contribution is 0.112. The minimum atomic E-state index is -0.542. The molecule has 1 aromatic carbocycles. The maximum atomic E-state index is 13.3. The number of nitrogens with zero attached hydrogens (tertiary/aromatic N) is 1. The van der Waals surface area contributed by atoms with Crippen molar-refractivity contribution in [2.75, 3.05) is 0 Å². The first-order valence-corrected chi connectivity index (χ1v) is 5.31. The van der Waals surface area contributed by atoms with E-state index < -0.39 is 5.82 Å². The van der Waals surface area contributed by atoms with E-state index in [2.05, 4.69) is 0 Å². The molecule has 0 saturated heterocycles. The average Bonchev–Trinajstić information content (AvgIpc) is 2.77. The maximum absolute atomic E-state index is 13.3. The Morgan fingerprint density at radius 2 is 2.12 bits per heavy atom. The number of rotatable bonds is 2. The molecule has 0 radical (unpaired) electrons. The maximum Gasteiger partial charge on any atom is 0.152 e. The lowest BCUT2D eigenvalue weighted by Gasteiger charge is -1.99. The number of aldehydes is 1. The normalized spacial score (nSPS) is 9.75. The number of carbonyl (C=O) groups is 1. The van der Waals surface area contributed by atoms with Gasteiger partial charge in [0.15, 0.2) is 6.29 Å². The zero-order valence-electron chi connectivity index (χ0n) is 8.11. The highest BCUT2D eigenvalue weighted by atomic mass is 32.1. The molecule has 0 atom stereocenters. The molecular weight excluding hydrogens is 225 g/mol. The molecule has 1 aromatic heterocycles. The molecule has 0 bridgehead atoms. The smallest absolute Gasteiger partial charge is 0.152 e. The van der Waals surface area contributed by atoms with E-state index in [0.717, 1.165) is 4.88 Å². The molecule has 0 N–H and O–H groups in total. The summed E-state index contributed by atoms with van der Waals surface area (Å²) in [6, 6.07) is 9.87. The van der Waals surface area contributed by atoms with Crippen molar-refractivity contribution >= 4 is 17.6 Å². The van der Waals surface area contributed by atoms with E-state index in [1.165, 1.54) is 23.5 Å². The highest BCUT2D eigenvalue weighted by molar-refractivity contribution is 7.16. The lowest BCUT2D eigenvalue weighted by atomic mass is 10.1. The Balaban J connectivity index is 2.45. The Kier molecular flexibility index (Phi) is 2.80. The van der Waals surface area contributed by atoms with Gasteiger partial charge in [0.1, 0.15) is 16.8 Å². The second-order valence-corrected chi connectivity index (χ2v) is 4.21. The van der Waals surface area contributed by atoms with Gasteiger partial charge in [-0.2, -0.15) is 5.26 Å². The molecule has 2 rings (SSSR count). The summed E-state index contributed by atoms with van der Waals surface area (Å²) in [5.74, 6) is -0.542. The van der Waals surface area contributed by atoms with E-state index in [-0.39, 0.29) is 5.56 Å². The third-order valence-electron chi connectivity index (χ3n) is 2.13. The SMILES string of the molecule is N#Cc1ccc(-c2ccc(C=O)c(F)c2)s1. The molecule has 78 valence electrons. The van der Waals surface area contributed by atoms with E-state index in [4.69, 9.17) is 5.26 Å². The van der Waals surface area contributed by atoms with Gasteiger partial charge in [-0.25, -0.2) is 4.39 Å². The number of carbonyl (C=O) groups excluding carboxylic acids is 1. The van der Waals surface area contributed by atoms with Crippen molar-refractivity contribution in [3.8, 4) is 16.5 Å². The van der Waals surface area contributed by atoms with Crippen LogP contribution in [0.1, 0.15) is 15.2 Å². The van der Waals surface area contributed by atoms with Crippen molar-refractivity contribution in [1.29, 1.82) is 5.26 Å². The molecule has 4 heteroatoms. The van der Waals surface area contributed by atoms with Crippen LogP contribution in [0, 0.1) is 17.1 Å². The average molecular weight is 231 g/mol. The molecule has 0 saturated carbocycles. The van der Waals surface area contributed by atoms with E-state index in [1.54, 1.807) is 18.2 Å². The van der Waals surface area contributed by atoms with Gasteiger partial charge in [-0.05, 0) is 29.8 Å². The van der Waals surface area contributed by atoms with Crippen LogP contribution < -0.4 is 0 Å². The molecule has 0 unspecified atom stereocenters. The highest BCUT2D eigenvalue weighted by Gasteiger charge is 2.06. The van der Waals surface area contributed by atoms with Gasteiger partial charge >= 0.3 is 0 Å². The lowest BCUT2D eigenvalue weighted by Crippen LogP contribution is -1.87. The van der Waals surface area contributed by atoms with Crippen LogP contribution >= 0.6 is 11.3 Å². The Labute approximate surface area is 95.6 Å². The van der Waals surface area contributed by atoms with E-state index in [0.29, 0.717) is 16.7 Å². The Morgan fingerprint density at radius 1 is 1.31 bits per heavy atom. The van der Waals surface area contributed by atoms with Gasteiger partial charge in [0, 0.05) is 4.88 Å². The summed E-state index contributed by atoms with van der Waals surface area (Å²) in [6.45, 7) is 0. The molecule has 16 heavy (non-hydrogen) atoms. The van der Waals surface area contributed by atoms with Crippen LogP contribution in [0.25, 0.3) is 10.4 Å². The van der Waals surface area contributed by atoms with Crippen LogP contribution in [0.2, 0.25) is 0 Å². The summed E-state index contributed by atoms with van der Waals surface area (Å²) in [7, 11) is 0. The molecule has 2 aromatic rings. The molecule has 0 aliphatic carbocycles. The van der Waals surface area contributed by atoms with Crippen molar-refractivity contribution < 1.29 is 9.18 Å². The summed E-state index contributed by atoms with van der Waals surface area (Å²) in [5.41, 5.74) is 0.718. The summed E-state index contributed by atoms with van der Waals surface area (Å²) in [5, 5.41) is 8.67. The monoisotopic (exact) mass is 231 g/mol. The summed E-state index contributed by atoms with van der Waals surface area (Å²) < 4.78 is 13.3. The zero-order valence-corrected chi connectivity index (χ0v) is 8.92. The second kappa shape index (κ2) is 4.25. The molecule has 2 nitrogen and oxygen atoms in total. The fraction of sp³-hybridized carbons (Fsp3) is 0. The molecule has 1 heterocycles. The summed E-state index contributed by atoms with van der Waals surface area (Å²) >= 11 is 1.29. The predicted molar refractivity (Wildman–Crippen MR) is 59.8 cm³/mol. The number of halogens is 1. The van der Waals surface area contributed by atoms with Crippen LogP contribution in [0.4, 0.5) is 4.39 Å². The third-order valence-corrected chi connectivity index (χ3v) is 3.17. The van der Waals surface area contributed by atoms with Gasteiger partial charge in [-0.15, -0.1) is 11.3 Å². The van der Waals surface area contributed by atoms with Gasteiger partial charge in [0.05, 0.1) is 5.56 Å². The largest absolute Gasteiger partial charge is 0.298 e. The topological polar surface area (TPSA) is 40.9 Å². The number of benzene rings is 1. The fourth-order valence-electron chi connectivity index (χ4n) is 1.33. The standard InChI is InChI=1S/C12H6FNOS/c13-11-5-8(1-2-9(11)7-15)12-4-3-10(6-14)16-12/h1-5,7H. The number of hydrogen-bond acceptors (Lipinski definition) is 3. The van der Waals surface area contributed by atoms with Gasteiger partial charge in [-0.1, -0.05) is 6.07 Å². The van der Waals surface area contributed by atoms with Crippen molar-refractivity contribution in [3.05, 3.63) is 46.6 Å². The van der Waals surface area contributed by atoms with Crippen LogP contribution in [-0.4, -0.2) is 6.29 Å². The van der Waals surface area contributed by atoms with E-state index in [9.17, 15) is 9.18 Å². The van der Waals surface area contributed by atoms with Gasteiger partial charge in [0.25, 0.3) is 0 Å². The molecule has 0 aliphatic rings. The highest BCUT2D eigenvalue weighted by Crippen LogP contribution is 2.28. The number of thiophene rings is 1. The molecule has 0 amide bonds. The molecule has 0 fully saturated rings. The summed E-state index contributed by atoms with van der Waals surface area (Å²) in [6.07, 6.45) is 0.480. The minimum Gasteiger partial charge on any atom is -0.298 e. The van der Waals surface area contributed by atoms with Gasteiger partial charge < -0.3 is 0 Å². The van der Waals surface area contributed by atoms with Crippen LogP contribution in [0.3, 0.4) is 0 Å². The molecular formula is C12H6FNOS. The van der Waals surface area contributed by atoms with Crippen molar-refractivity contribution in [1.82, 2.24) is 0 Å². The van der Waals surface area contributed by atoms with E-state index >= 15 is 0 Å². The zero-order chi connectivity index (χ0) is 11.5. The van der Waals surface area contributed by atoms with Crippen molar-refractivity contribution in [3.63, 3.8) is 0 Å². The van der Waals surface area contributed by atoms with Crippen molar-refractivity contribution in [2.24, 2.45) is 0 Å². The molecule has 0 spiro atoms. The van der Waals surface area contributed by atoms with Gasteiger partial charge in [0.2, 0.25) is 0 Å².